The lowest BCUT2D eigenvalue weighted by molar-refractivity contribution is -0.0240. The van der Waals surface area contributed by atoms with Gasteiger partial charge < -0.3 is 4.74 Å². The molecule has 1 aliphatic heterocycles. The Morgan fingerprint density at radius 3 is 2.62 bits per heavy atom. The largest absolute Gasteiger partial charge is 0.379 e. The molecule has 0 radical (unpaired) electrons. The predicted molar refractivity (Wildman–Crippen MR) is 93.3 cm³/mol. The Morgan fingerprint density at radius 2 is 1.96 bits per heavy atom. The summed E-state index contributed by atoms with van der Waals surface area (Å²) in [6, 6.07) is 6.38. The van der Waals surface area contributed by atoms with Gasteiger partial charge in [-0.05, 0) is 48.2 Å². The third-order valence-corrected chi connectivity index (χ3v) is 5.26. The van der Waals surface area contributed by atoms with E-state index < -0.39 is 0 Å². The van der Waals surface area contributed by atoms with Crippen LogP contribution in [0.5, 0.6) is 0 Å². The van der Waals surface area contributed by atoms with Gasteiger partial charge in [0.15, 0.2) is 5.82 Å². The lowest BCUT2D eigenvalue weighted by atomic mass is 9.94. The van der Waals surface area contributed by atoms with Crippen molar-refractivity contribution in [2.75, 3.05) is 26.3 Å². The van der Waals surface area contributed by atoms with Crippen molar-refractivity contribution in [1.82, 2.24) is 25.1 Å². The molecule has 6 heteroatoms. The van der Waals surface area contributed by atoms with Crippen molar-refractivity contribution in [2.24, 2.45) is 0 Å². The molecule has 2 heterocycles. The Kier molecular flexibility index (Phi) is 4.96. The number of hydrogen-bond acceptors (Lipinski definition) is 5. The minimum absolute atomic E-state index is 0.208. The quantitative estimate of drug-likeness (QED) is 0.843. The van der Waals surface area contributed by atoms with Gasteiger partial charge in [-0.25, -0.2) is 0 Å². The van der Waals surface area contributed by atoms with Gasteiger partial charge in [0.2, 0.25) is 0 Å². The normalized spacial score (nSPS) is 18.5. The molecular weight excluding hydrogens is 302 g/mol. The molecule has 1 aliphatic rings. The van der Waals surface area contributed by atoms with Crippen molar-refractivity contribution in [3.05, 3.63) is 35.2 Å². The number of nitrogens with zero attached hydrogens (tertiary/aromatic N) is 5. The fourth-order valence-corrected chi connectivity index (χ4v) is 3.56. The molecule has 1 aromatic carbocycles. The molecule has 0 amide bonds. The molecule has 24 heavy (non-hydrogen) atoms. The first-order valence-corrected chi connectivity index (χ1v) is 8.82. The van der Waals surface area contributed by atoms with Crippen LogP contribution in [0.2, 0.25) is 0 Å². The van der Waals surface area contributed by atoms with Crippen LogP contribution >= 0.6 is 0 Å². The summed E-state index contributed by atoms with van der Waals surface area (Å²) >= 11 is 0. The van der Waals surface area contributed by atoms with E-state index in [0.717, 1.165) is 50.7 Å². The molecule has 0 spiro atoms. The molecule has 0 saturated carbocycles. The highest BCUT2D eigenvalue weighted by Gasteiger charge is 2.38. The molecule has 2 aromatic rings. The van der Waals surface area contributed by atoms with Gasteiger partial charge in [0, 0.05) is 13.1 Å². The number of aryl methyl sites for hydroxylation is 2. The van der Waals surface area contributed by atoms with Crippen LogP contribution in [0, 0.1) is 6.92 Å². The number of para-hydroxylation sites is 1. The topological polar surface area (TPSA) is 56.1 Å². The van der Waals surface area contributed by atoms with Gasteiger partial charge in [-0.1, -0.05) is 32.0 Å². The maximum absolute atomic E-state index is 5.53. The highest BCUT2D eigenvalue weighted by molar-refractivity contribution is 5.47. The Labute approximate surface area is 143 Å². The predicted octanol–water partition coefficient (Wildman–Crippen LogP) is 2.49. The van der Waals surface area contributed by atoms with E-state index in [-0.39, 0.29) is 5.54 Å². The summed E-state index contributed by atoms with van der Waals surface area (Å²) in [7, 11) is 0. The second kappa shape index (κ2) is 6.99. The van der Waals surface area contributed by atoms with Crippen LogP contribution in [-0.2, 0) is 16.7 Å². The Hall–Kier alpha value is -1.79. The first-order valence-electron chi connectivity index (χ1n) is 8.82. The third-order valence-electron chi connectivity index (χ3n) is 5.26. The molecule has 1 atom stereocenters. The van der Waals surface area contributed by atoms with Crippen molar-refractivity contribution in [1.29, 1.82) is 0 Å². The summed E-state index contributed by atoms with van der Waals surface area (Å²) in [5.41, 5.74) is 3.38. The summed E-state index contributed by atoms with van der Waals surface area (Å²) in [5.74, 6) is 0.913. The molecule has 0 N–H and O–H groups in total. The number of hydrogen-bond donors (Lipinski definition) is 0. The van der Waals surface area contributed by atoms with Crippen molar-refractivity contribution in [3.63, 3.8) is 0 Å². The molecule has 0 bridgehead atoms. The zero-order valence-corrected chi connectivity index (χ0v) is 15.1. The summed E-state index contributed by atoms with van der Waals surface area (Å²) < 4.78 is 7.48. The van der Waals surface area contributed by atoms with Crippen LogP contribution in [0.25, 0.3) is 5.69 Å². The number of aromatic nitrogens is 4. The fraction of sp³-hybridized carbons (Fsp3) is 0.611. The fourth-order valence-electron chi connectivity index (χ4n) is 3.56. The van der Waals surface area contributed by atoms with Gasteiger partial charge in [0.05, 0.1) is 24.4 Å². The molecule has 6 nitrogen and oxygen atoms in total. The molecule has 1 unspecified atom stereocenters. The van der Waals surface area contributed by atoms with E-state index in [1.807, 2.05) is 4.68 Å². The maximum Gasteiger partial charge on any atom is 0.176 e. The second-order valence-corrected chi connectivity index (χ2v) is 6.58. The minimum atomic E-state index is -0.208. The SMILES string of the molecule is CCc1cccc(C)c1-n1nnnc1C(C)(CC)N1CCOCC1. The molecule has 1 saturated heterocycles. The number of morpholine rings is 1. The van der Waals surface area contributed by atoms with Gasteiger partial charge in [-0.3, -0.25) is 4.90 Å². The minimum Gasteiger partial charge on any atom is -0.379 e. The number of rotatable bonds is 5. The molecule has 0 aliphatic carbocycles. The van der Waals surface area contributed by atoms with Crippen molar-refractivity contribution < 1.29 is 4.74 Å². The first kappa shape index (κ1) is 17.0. The van der Waals surface area contributed by atoms with E-state index in [9.17, 15) is 0 Å². The first-order chi connectivity index (χ1) is 11.6. The van der Waals surface area contributed by atoms with Gasteiger partial charge in [0.25, 0.3) is 0 Å². The van der Waals surface area contributed by atoms with Crippen LogP contribution < -0.4 is 0 Å². The van der Waals surface area contributed by atoms with Crippen molar-refractivity contribution in [2.45, 2.75) is 46.1 Å². The highest BCUT2D eigenvalue weighted by Crippen LogP contribution is 2.33. The molecule has 1 fully saturated rings. The lowest BCUT2D eigenvalue weighted by Gasteiger charge is -2.41. The zero-order chi connectivity index (χ0) is 17.2. The average Bonchev–Trinajstić information content (AvgIpc) is 3.11. The lowest BCUT2D eigenvalue weighted by Crippen LogP contribution is -2.50. The van der Waals surface area contributed by atoms with E-state index in [2.05, 4.69) is 66.3 Å². The molecule has 3 rings (SSSR count). The van der Waals surface area contributed by atoms with Gasteiger partial charge >= 0.3 is 0 Å². The van der Waals surface area contributed by atoms with Crippen LogP contribution in [-0.4, -0.2) is 51.4 Å². The van der Waals surface area contributed by atoms with Crippen LogP contribution in [0.1, 0.15) is 44.1 Å². The number of benzene rings is 1. The summed E-state index contributed by atoms with van der Waals surface area (Å²) in [5, 5.41) is 12.8. The number of ether oxygens (including phenoxy) is 1. The molecule has 130 valence electrons. The highest BCUT2D eigenvalue weighted by atomic mass is 16.5. The van der Waals surface area contributed by atoms with E-state index >= 15 is 0 Å². The standard InChI is InChI=1S/C18H27N5O/c1-5-15-9-7-8-14(3)16(15)23-17(19-20-21-23)18(4,6-2)22-10-12-24-13-11-22/h7-9H,5-6,10-13H2,1-4H3. The van der Waals surface area contributed by atoms with Crippen molar-refractivity contribution in [3.8, 4) is 5.69 Å². The summed E-state index contributed by atoms with van der Waals surface area (Å²) in [6.45, 7) is 12.1. The summed E-state index contributed by atoms with van der Waals surface area (Å²) in [4.78, 5) is 2.45. The molecule has 1 aromatic heterocycles. The Balaban J connectivity index is 2.10. The monoisotopic (exact) mass is 329 g/mol. The van der Waals surface area contributed by atoms with E-state index in [0.29, 0.717) is 0 Å². The van der Waals surface area contributed by atoms with Gasteiger partial charge in [-0.15, -0.1) is 5.10 Å². The second-order valence-electron chi connectivity index (χ2n) is 6.58. The Bertz CT molecular complexity index is 692. The maximum atomic E-state index is 5.53. The van der Waals surface area contributed by atoms with E-state index in [1.165, 1.54) is 11.1 Å². The van der Waals surface area contributed by atoms with E-state index in [4.69, 9.17) is 4.74 Å². The van der Waals surface area contributed by atoms with Crippen LogP contribution in [0.4, 0.5) is 0 Å². The average molecular weight is 329 g/mol. The third kappa shape index (κ3) is 2.84. The van der Waals surface area contributed by atoms with Gasteiger partial charge in [0.1, 0.15) is 0 Å². The molecular formula is C18H27N5O. The summed E-state index contributed by atoms with van der Waals surface area (Å²) in [6.07, 6.45) is 1.90. The van der Waals surface area contributed by atoms with Crippen molar-refractivity contribution >= 4 is 0 Å². The zero-order valence-electron chi connectivity index (χ0n) is 15.1. The number of tetrazole rings is 1. The van der Waals surface area contributed by atoms with E-state index in [1.54, 1.807) is 0 Å². The van der Waals surface area contributed by atoms with Crippen LogP contribution in [0.3, 0.4) is 0 Å². The Morgan fingerprint density at radius 1 is 1.21 bits per heavy atom. The van der Waals surface area contributed by atoms with Crippen LogP contribution in [0.15, 0.2) is 18.2 Å². The van der Waals surface area contributed by atoms with Gasteiger partial charge in [-0.2, -0.15) is 4.68 Å². The smallest absolute Gasteiger partial charge is 0.176 e.